The molecule has 5 heteroatoms. The molecule has 3 unspecified atom stereocenters. The first-order valence-electron chi connectivity index (χ1n) is 15.6. The number of ether oxygens (including phenoxy) is 1. The van der Waals surface area contributed by atoms with E-state index in [0.717, 1.165) is 53.0 Å². The summed E-state index contributed by atoms with van der Waals surface area (Å²) in [7, 11) is 0. The van der Waals surface area contributed by atoms with Gasteiger partial charge in [0.15, 0.2) is 0 Å². The SMILES string of the molecule is Cc1nc2ccc(-c3ccc(OCCCC(=O)C(C)CC4CCC(=O)CC4c4ccccc4)c(CC(C)C)c3)cc2[nH]1. The molecule has 0 saturated heterocycles. The van der Waals surface area contributed by atoms with Crippen molar-refractivity contribution in [2.45, 2.75) is 78.6 Å². The van der Waals surface area contributed by atoms with Gasteiger partial charge in [-0.3, -0.25) is 9.59 Å². The smallest absolute Gasteiger partial charge is 0.135 e. The van der Waals surface area contributed by atoms with Crippen LogP contribution in [0, 0.1) is 24.7 Å². The minimum atomic E-state index is -0.0128. The number of aromatic amines is 1. The van der Waals surface area contributed by atoms with Gasteiger partial charge in [0.25, 0.3) is 0 Å². The summed E-state index contributed by atoms with van der Waals surface area (Å²) in [6.07, 6.45) is 5.10. The Balaban J connectivity index is 1.17. The van der Waals surface area contributed by atoms with Crippen molar-refractivity contribution in [3.8, 4) is 16.9 Å². The van der Waals surface area contributed by atoms with Crippen LogP contribution < -0.4 is 4.74 Å². The van der Waals surface area contributed by atoms with Crippen molar-refractivity contribution in [3.05, 3.63) is 83.7 Å². The number of carbonyl (C=O) groups is 2. The molecule has 0 radical (unpaired) electrons. The average Bonchev–Trinajstić information content (AvgIpc) is 3.36. The third kappa shape index (κ3) is 7.36. The van der Waals surface area contributed by atoms with Crippen LogP contribution in [0.15, 0.2) is 66.7 Å². The molecule has 1 aliphatic carbocycles. The molecule has 5 nitrogen and oxygen atoms in total. The molecule has 0 bridgehead atoms. The number of nitrogens with zero attached hydrogens (tertiary/aromatic N) is 1. The minimum Gasteiger partial charge on any atom is -0.493 e. The third-order valence-electron chi connectivity index (χ3n) is 8.69. The second kappa shape index (κ2) is 13.5. The van der Waals surface area contributed by atoms with Crippen molar-refractivity contribution < 1.29 is 14.3 Å². The van der Waals surface area contributed by atoms with E-state index in [4.69, 9.17) is 4.74 Å². The van der Waals surface area contributed by atoms with Crippen molar-refractivity contribution in [3.63, 3.8) is 0 Å². The molecular weight excluding hydrogens is 520 g/mol. The van der Waals surface area contributed by atoms with Gasteiger partial charge in [0.05, 0.1) is 17.6 Å². The number of hydrogen-bond donors (Lipinski definition) is 1. The van der Waals surface area contributed by atoms with E-state index in [1.165, 1.54) is 11.1 Å². The molecule has 0 aliphatic heterocycles. The van der Waals surface area contributed by atoms with E-state index in [1.54, 1.807) is 0 Å². The molecule has 42 heavy (non-hydrogen) atoms. The summed E-state index contributed by atoms with van der Waals surface area (Å²) >= 11 is 0. The molecule has 3 aromatic carbocycles. The summed E-state index contributed by atoms with van der Waals surface area (Å²) in [6.45, 7) is 9.00. The Kier molecular flexibility index (Phi) is 9.56. The highest BCUT2D eigenvalue weighted by molar-refractivity contribution is 5.83. The molecule has 1 aromatic heterocycles. The van der Waals surface area contributed by atoms with Gasteiger partial charge in [-0.15, -0.1) is 0 Å². The zero-order valence-electron chi connectivity index (χ0n) is 25.5. The number of rotatable bonds is 12. The molecule has 1 N–H and O–H groups in total. The Morgan fingerprint density at radius 1 is 1.02 bits per heavy atom. The van der Waals surface area contributed by atoms with Crippen LogP contribution in [0.25, 0.3) is 22.2 Å². The Labute approximate surface area is 250 Å². The average molecular weight is 565 g/mol. The van der Waals surface area contributed by atoms with Crippen molar-refractivity contribution in [1.29, 1.82) is 0 Å². The second-order valence-corrected chi connectivity index (χ2v) is 12.6. The summed E-state index contributed by atoms with van der Waals surface area (Å²) in [6, 6.07) is 23.1. The van der Waals surface area contributed by atoms with Gasteiger partial charge in [-0.25, -0.2) is 4.98 Å². The van der Waals surface area contributed by atoms with Crippen LogP contribution in [0.2, 0.25) is 0 Å². The largest absolute Gasteiger partial charge is 0.493 e. The molecule has 1 heterocycles. The quantitative estimate of drug-likeness (QED) is 0.175. The normalized spacial score (nSPS) is 18.0. The summed E-state index contributed by atoms with van der Waals surface area (Å²) in [5, 5.41) is 0. The maximum atomic E-state index is 13.1. The van der Waals surface area contributed by atoms with Crippen LogP contribution >= 0.6 is 0 Å². The predicted molar refractivity (Wildman–Crippen MR) is 170 cm³/mol. The fourth-order valence-electron chi connectivity index (χ4n) is 6.51. The number of ketones is 2. The van der Waals surface area contributed by atoms with Crippen LogP contribution in [0.5, 0.6) is 5.75 Å². The van der Waals surface area contributed by atoms with Gasteiger partial charge in [-0.2, -0.15) is 0 Å². The number of Topliss-reactive ketones (excluding diaryl/α,β-unsaturated/α-hetero) is 2. The number of imidazole rings is 1. The molecule has 4 aromatic rings. The van der Waals surface area contributed by atoms with Gasteiger partial charge >= 0.3 is 0 Å². The fraction of sp³-hybridized carbons (Fsp3) is 0.432. The van der Waals surface area contributed by atoms with Gasteiger partial charge in [-0.1, -0.05) is 63.2 Å². The third-order valence-corrected chi connectivity index (χ3v) is 8.69. The van der Waals surface area contributed by atoms with Gasteiger partial charge < -0.3 is 9.72 Å². The lowest BCUT2D eigenvalue weighted by atomic mass is 9.71. The van der Waals surface area contributed by atoms with Gasteiger partial charge in [0.1, 0.15) is 23.1 Å². The molecule has 1 aliphatic rings. The number of carbonyl (C=O) groups excluding carboxylic acids is 2. The van der Waals surface area contributed by atoms with E-state index >= 15 is 0 Å². The van der Waals surface area contributed by atoms with E-state index in [2.05, 4.69) is 79.3 Å². The molecule has 1 saturated carbocycles. The fourth-order valence-corrected chi connectivity index (χ4v) is 6.51. The Morgan fingerprint density at radius 2 is 1.79 bits per heavy atom. The first kappa shape index (κ1) is 29.8. The van der Waals surface area contributed by atoms with Crippen LogP contribution in [0.4, 0.5) is 0 Å². The van der Waals surface area contributed by atoms with E-state index in [9.17, 15) is 9.59 Å². The topological polar surface area (TPSA) is 72.0 Å². The van der Waals surface area contributed by atoms with Crippen LogP contribution in [-0.4, -0.2) is 28.1 Å². The second-order valence-electron chi connectivity index (χ2n) is 12.6. The molecule has 0 amide bonds. The molecule has 5 rings (SSSR count). The highest BCUT2D eigenvalue weighted by atomic mass is 16.5. The van der Waals surface area contributed by atoms with Crippen molar-refractivity contribution in [2.24, 2.45) is 17.8 Å². The molecule has 3 atom stereocenters. The number of benzene rings is 3. The monoisotopic (exact) mass is 564 g/mol. The maximum Gasteiger partial charge on any atom is 0.135 e. The number of aromatic nitrogens is 2. The van der Waals surface area contributed by atoms with Gasteiger partial charge in [0.2, 0.25) is 0 Å². The van der Waals surface area contributed by atoms with E-state index < -0.39 is 0 Å². The van der Waals surface area contributed by atoms with Gasteiger partial charge in [0, 0.05) is 25.2 Å². The lowest BCUT2D eigenvalue weighted by Crippen LogP contribution is -2.27. The van der Waals surface area contributed by atoms with Crippen LogP contribution in [0.1, 0.15) is 82.2 Å². The Hall–Kier alpha value is -3.73. The summed E-state index contributed by atoms with van der Waals surface area (Å²) in [5.41, 5.74) is 6.76. The van der Waals surface area contributed by atoms with E-state index in [-0.39, 0.29) is 11.8 Å². The zero-order valence-corrected chi connectivity index (χ0v) is 25.5. The number of H-pyrrole nitrogens is 1. The molecule has 0 spiro atoms. The van der Waals surface area contributed by atoms with Crippen LogP contribution in [0.3, 0.4) is 0 Å². The number of aryl methyl sites for hydroxylation is 1. The number of hydrogen-bond acceptors (Lipinski definition) is 4. The lowest BCUT2D eigenvalue weighted by molar-refractivity contribution is -0.123. The summed E-state index contributed by atoms with van der Waals surface area (Å²) in [5.74, 6) is 3.54. The van der Waals surface area contributed by atoms with Gasteiger partial charge in [-0.05, 0) is 96.9 Å². The summed E-state index contributed by atoms with van der Waals surface area (Å²) in [4.78, 5) is 33.2. The molecule has 220 valence electrons. The highest BCUT2D eigenvalue weighted by Crippen LogP contribution is 2.40. The van der Waals surface area contributed by atoms with Crippen molar-refractivity contribution >= 4 is 22.6 Å². The Morgan fingerprint density at radius 3 is 2.57 bits per heavy atom. The molecular formula is C37H44N2O3. The van der Waals surface area contributed by atoms with E-state index in [1.807, 2.05) is 25.1 Å². The van der Waals surface area contributed by atoms with Crippen LogP contribution in [-0.2, 0) is 16.0 Å². The van der Waals surface area contributed by atoms with E-state index in [0.29, 0.717) is 55.7 Å². The molecule has 1 fully saturated rings. The highest BCUT2D eigenvalue weighted by Gasteiger charge is 2.32. The first-order valence-corrected chi connectivity index (χ1v) is 15.6. The lowest BCUT2D eigenvalue weighted by Gasteiger charge is -2.32. The minimum absolute atomic E-state index is 0.0128. The first-order chi connectivity index (χ1) is 20.3. The number of fused-ring (bicyclic) bond motifs is 1. The van der Waals surface area contributed by atoms with Crippen molar-refractivity contribution in [1.82, 2.24) is 9.97 Å². The zero-order chi connectivity index (χ0) is 29.6. The van der Waals surface area contributed by atoms with Crippen molar-refractivity contribution in [2.75, 3.05) is 6.61 Å². The Bertz CT molecular complexity index is 1520. The standard InChI is InChI=1S/C37H44N2O3/c1-24(2)19-31-21-28(29-13-16-34-35(22-29)39-26(4)38-34)14-17-37(31)42-18-8-11-36(41)25(3)20-30-12-15-32(40)23-33(30)27-9-6-5-7-10-27/h5-7,9-10,13-14,16-17,21-22,24-25,30,33H,8,11-12,15,18-20,23H2,1-4H3,(H,38,39). The summed E-state index contributed by atoms with van der Waals surface area (Å²) < 4.78 is 6.26. The maximum absolute atomic E-state index is 13.1. The predicted octanol–water partition coefficient (Wildman–Crippen LogP) is 8.64. The number of nitrogens with one attached hydrogen (secondary N) is 1.